The molecule has 0 radical (unpaired) electrons. The van der Waals surface area contributed by atoms with E-state index in [1.54, 1.807) is 0 Å². The number of hydrogen-bond donors (Lipinski definition) is 1. The van der Waals surface area contributed by atoms with Crippen LogP contribution >= 0.6 is 0 Å². The number of anilines is 1. The third-order valence-corrected chi connectivity index (χ3v) is 3.05. The lowest BCUT2D eigenvalue weighted by molar-refractivity contribution is -0.154. The molecule has 0 spiro atoms. The fourth-order valence-corrected chi connectivity index (χ4v) is 2.15. The second kappa shape index (κ2) is 7.32. The molecule has 1 aromatic rings. The number of benzene rings is 1. The molecular weight excluding hydrogens is 250 g/mol. The highest BCUT2D eigenvalue weighted by molar-refractivity contribution is 5.71. The number of ether oxygens (including phenoxy) is 1. The van der Waals surface area contributed by atoms with Gasteiger partial charge in [0.05, 0.1) is 6.42 Å². The van der Waals surface area contributed by atoms with Gasteiger partial charge in [0.25, 0.3) is 0 Å². The fourth-order valence-electron chi connectivity index (χ4n) is 2.15. The summed E-state index contributed by atoms with van der Waals surface area (Å²) in [4.78, 5) is 11.7. The van der Waals surface area contributed by atoms with Gasteiger partial charge >= 0.3 is 5.97 Å². The highest BCUT2D eigenvalue weighted by atomic mass is 16.6. The number of esters is 1. The lowest BCUT2D eigenvalue weighted by atomic mass is 10.0. The van der Waals surface area contributed by atoms with Gasteiger partial charge in [-0.05, 0) is 44.7 Å². The summed E-state index contributed by atoms with van der Waals surface area (Å²) >= 11 is 0. The van der Waals surface area contributed by atoms with Crippen LogP contribution in [-0.4, -0.2) is 18.1 Å². The number of hydrogen-bond acceptors (Lipinski definition) is 3. The van der Waals surface area contributed by atoms with Gasteiger partial charge in [-0.2, -0.15) is 0 Å². The molecule has 1 rings (SSSR count). The van der Waals surface area contributed by atoms with Crippen LogP contribution in [0.1, 0.15) is 52.2 Å². The minimum absolute atomic E-state index is 0.156. The van der Waals surface area contributed by atoms with Crippen LogP contribution < -0.4 is 5.32 Å². The minimum Gasteiger partial charge on any atom is -0.460 e. The Hall–Kier alpha value is -1.51. The normalized spacial score (nSPS) is 11.2. The van der Waals surface area contributed by atoms with Crippen LogP contribution in [0, 0.1) is 0 Å². The Bertz CT molecular complexity index is 425. The molecule has 0 fully saturated rings. The van der Waals surface area contributed by atoms with Crippen LogP contribution in [-0.2, 0) is 22.4 Å². The average molecular weight is 277 g/mol. The first-order valence-electron chi connectivity index (χ1n) is 7.43. The Kier molecular flexibility index (Phi) is 6.05. The van der Waals surface area contributed by atoms with E-state index in [0.29, 0.717) is 13.0 Å². The quantitative estimate of drug-likeness (QED) is 0.800. The molecule has 3 nitrogen and oxygen atoms in total. The van der Waals surface area contributed by atoms with Crippen LogP contribution in [0.15, 0.2) is 18.2 Å². The molecular formula is C17H27NO2. The van der Waals surface area contributed by atoms with Crippen LogP contribution in [0.4, 0.5) is 5.69 Å². The van der Waals surface area contributed by atoms with Crippen molar-refractivity contribution < 1.29 is 9.53 Å². The number of rotatable bonds is 6. The topological polar surface area (TPSA) is 38.3 Å². The molecule has 0 heterocycles. The highest BCUT2D eigenvalue weighted by Gasteiger charge is 2.16. The van der Waals surface area contributed by atoms with Crippen molar-refractivity contribution in [2.75, 3.05) is 11.9 Å². The van der Waals surface area contributed by atoms with Crippen LogP contribution in [0.5, 0.6) is 0 Å². The molecule has 0 atom stereocenters. The first kappa shape index (κ1) is 16.5. The Morgan fingerprint density at radius 1 is 1.15 bits per heavy atom. The number of aryl methyl sites for hydroxylation is 2. The molecule has 112 valence electrons. The van der Waals surface area contributed by atoms with E-state index < -0.39 is 5.60 Å². The van der Waals surface area contributed by atoms with Crippen LogP contribution in [0.2, 0.25) is 0 Å². The molecule has 1 aromatic carbocycles. The van der Waals surface area contributed by atoms with Crippen molar-refractivity contribution in [3.63, 3.8) is 0 Å². The number of carbonyl (C=O) groups excluding carboxylic acids is 1. The SMILES string of the molecule is CCc1cccc(CC)c1NCCC(=O)OC(C)(C)C. The van der Waals surface area contributed by atoms with Crippen molar-refractivity contribution in [3.05, 3.63) is 29.3 Å². The maximum Gasteiger partial charge on any atom is 0.308 e. The molecule has 0 aliphatic rings. The Labute approximate surface area is 122 Å². The van der Waals surface area contributed by atoms with Gasteiger partial charge in [0.15, 0.2) is 0 Å². The summed E-state index contributed by atoms with van der Waals surface area (Å²) in [6, 6.07) is 6.36. The minimum atomic E-state index is -0.410. The van der Waals surface area contributed by atoms with E-state index in [9.17, 15) is 4.79 Å². The first-order chi connectivity index (χ1) is 9.37. The summed E-state index contributed by atoms with van der Waals surface area (Å²) in [7, 11) is 0. The molecule has 0 aliphatic carbocycles. The Morgan fingerprint density at radius 2 is 1.70 bits per heavy atom. The van der Waals surface area contributed by atoms with E-state index in [1.165, 1.54) is 16.8 Å². The first-order valence-corrected chi connectivity index (χ1v) is 7.43. The highest BCUT2D eigenvalue weighted by Crippen LogP contribution is 2.22. The zero-order valence-corrected chi connectivity index (χ0v) is 13.4. The van der Waals surface area contributed by atoms with Crippen molar-refractivity contribution in [1.29, 1.82) is 0 Å². The van der Waals surface area contributed by atoms with E-state index in [1.807, 2.05) is 20.8 Å². The maximum absolute atomic E-state index is 11.7. The zero-order valence-electron chi connectivity index (χ0n) is 13.4. The molecule has 0 saturated carbocycles. The molecule has 0 amide bonds. The van der Waals surface area contributed by atoms with Gasteiger partial charge in [0.2, 0.25) is 0 Å². The second-order valence-electron chi connectivity index (χ2n) is 5.92. The van der Waals surface area contributed by atoms with Crippen molar-refractivity contribution in [2.24, 2.45) is 0 Å². The summed E-state index contributed by atoms with van der Waals surface area (Å²) in [6.07, 6.45) is 2.36. The second-order valence-corrected chi connectivity index (χ2v) is 5.92. The van der Waals surface area contributed by atoms with E-state index in [4.69, 9.17) is 4.74 Å². The lowest BCUT2D eigenvalue weighted by Gasteiger charge is -2.20. The predicted octanol–water partition coefficient (Wildman–Crippen LogP) is 3.96. The third-order valence-electron chi connectivity index (χ3n) is 3.05. The maximum atomic E-state index is 11.7. The smallest absolute Gasteiger partial charge is 0.308 e. The largest absolute Gasteiger partial charge is 0.460 e. The van der Waals surface area contributed by atoms with Crippen molar-refractivity contribution in [1.82, 2.24) is 0 Å². The summed E-state index contributed by atoms with van der Waals surface area (Å²) < 4.78 is 5.31. The molecule has 20 heavy (non-hydrogen) atoms. The third kappa shape index (κ3) is 5.24. The molecule has 0 unspecified atom stereocenters. The van der Waals surface area contributed by atoms with Gasteiger partial charge in [-0.1, -0.05) is 32.0 Å². The van der Waals surface area contributed by atoms with E-state index in [-0.39, 0.29) is 5.97 Å². The van der Waals surface area contributed by atoms with Gasteiger partial charge in [-0.15, -0.1) is 0 Å². The predicted molar refractivity (Wildman–Crippen MR) is 84.1 cm³/mol. The molecule has 0 saturated heterocycles. The molecule has 0 aliphatic heterocycles. The van der Waals surface area contributed by atoms with Gasteiger partial charge in [0, 0.05) is 12.2 Å². The van der Waals surface area contributed by atoms with Crippen molar-refractivity contribution >= 4 is 11.7 Å². The standard InChI is InChI=1S/C17H27NO2/c1-6-13-9-8-10-14(7-2)16(13)18-12-11-15(19)20-17(3,4)5/h8-10,18H,6-7,11-12H2,1-5H3. The fraction of sp³-hybridized carbons (Fsp3) is 0.588. The molecule has 3 heteroatoms. The van der Waals surface area contributed by atoms with Crippen LogP contribution in [0.25, 0.3) is 0 Å². The van der Waals surface area contributed by atoms with Gasteiger partial charge in [0.1, 0.15) is 5.60 Å². The van der Waals surface area contributed by atoms with E-state index in [2.05, 4.69) is 37.4 Å². The molecule has 0 bridgehead atoms. The van der Waals surface area contributed by atoms with E-state index in [0.717, 1.165) is 12.8 Å². The van der Waals surface area contributed by atoms with Gasteiger partial charge in [-0.3, -0.25) is 4.79 Å². The van der Waals surface area contributed by atoms with Gasteiger partial charge in [-0.25, -0.2) is 0 Å². The summed E-state index contributed by atoms with van der Waals surface area (Å²) in [6.45, 7) is 10.6. The average Bonchev–Trinajstić information content (AvgIpc) is 2.36. The Balaban J connectivity index is 2.60. The Morgan fingerprint density at radius 3 is 2.15 bits per heavy atom. The van der Waals surface area contributed by atoms with Crippen LogP contribution in [0.3, 0.4) is 0 Å². The molecule has 0 aromatic heterocycles. The van der Waals surface area contributed by atoms with Crippen molar-refractivity contribution in [2.45, 2.75) is 59.5 Å². The van der Waals surface area contributed by atoms with E-state index >= 15 is 0 Å². The summed E-state index contributed by atoms with van der Waals surface area (Å²) in [5.41, 5.74) is 3.37. The zero-order chi connectivity index (χ0) is 15.2. The molecule has 1 N–H and O–H groups in total. The van der Waals surface area contributed by atoms with Gasteiger partial charge < -0.3 is 10.1 Å². The number of para-hydroxylation sites is 1. The number of carbonyl (C=O) groups is 1. The summed E-state index contributed by atoms with van der Waals surface area (Å²) in [5, 5.41) is 3.40. The van der Waals surface area contributed by atoms with Crippen molar-refractivity contribution in [3.8, 4) is 0 Å². The lowest BCUT2D eigenvalue weighted by Crippen LogP contribution is -2.25. The summed E-state index contributed by atoms with van der Waals surface area (Å²) in [5.74, 6) is -0.156. The monoisotopic (exact) mass is 277 g/mol. The number of nitrogens with one attached hydrogen (secondary N) is 1.